The summed E-state index contributed by atoms with van der Waals surface area (Å²) in [6, 6.07) is 7.98. The summed E-state index contributed by atoms with van der Waals surface area (Å²) < 4.78 is 2.07. The van der Waals surface area contributed by atoms with Crippen molar-refractivity contribution in [2.75, 3.05) is 44.6 Å². The lowest BCUT2D eigenvalue weighted by Crippen LogP contribution is -3.28. The predicted molar refractivity (Wildman–Crippen MR) is 115 cm³/mol. The number of hydrogen-bond donors (Lipinski definition) is 3. The van der Waals surface area contributed by atoms with Crippen molar-refractivity contribution in [3.05, 3.63) is 52.3 Å². The van der Waals surface area contributed by atoms with E-state index in [1.54, 1.807) is 0 Å². The second kappa shape index (κ2) is 8.93. The molecule has 0 saturated carbocycles. The van der Waals surface area contributed by atoms with Crippen molar-refractivity contribution in [2.45, 2.75) is 27.7 Å². The third kappa shape index (κ3) is 4.95. The van der Waals surface area contributed by atoms with Gasteiger partial charge in [0.1, 0.15) is 32.7 Å². The fraction of sp³-hybridized carbons (Fsp3) is 0.478. The summed E-state index contributed by atoms with van der Waals surface area (Å²) in [6.07, 6.45) is 0. The molecule has 0 atom stereocenters. The van der Waals surface area contributed by atoms with Crippen LogP contribution in [-0.4, -0.2) is 55.5 Å². The molecule has 1 saturated heterocycles. The van der Waals surface area contributed by atoms with Crippen LogP contribution in [0.4, 0.5) is 5.69 Å². The van der Waals surface area contributed by atoms with Crippen LogP contribution in [0.1, 0.15) is 32.9 Å². The molecule has 0 spiro atoms. The van der Waals surface area contributed by atoms with Crippen molar-refractivity contribution in [2.24, 2.45) is 7.05 Å². The van der Waals surface area contributed by atoms with Crippen LogP contribution in [0.15, 0.2) is 24.3 Å². The molecule has 1 amide bonds. The zero-order chi connectivity index (χ0) is 21.1. The van der Waals surface area contributed by atoms with Crippen molar-refractivity contribution >= 4 is 17.4 Å². The number of benzene rings is 1. The topological polar surface area (TPSA) is 60.0 Å². The molecule has 29 heavy (non-hydrogen) atoms. The van der Waals surface area contributed by atoms with E-state index in [4.69, 9.17) is 0 Å². The number of quaternary nitrogens is 2. The third-order valence-electron chi connectivity index (χ3n) is 6.44. The number of carbonyl (C=O) groups excluding carboxylic acids is 2. The molecule has 0 radical (unpaired) electrons. The molecule has 2 aromatic rings. The van der Waals surface area contributed by atoms with Crippen LogP contribution < -0.4 is 15.1 Å². The van der Waals surface area contributed by atoms with Crippen molar-refractivity contribution in [1.82, 2.24) is 4.57 Å². The van der Waals surface area contributed by atoms with Gasteiger partial charge in [-0.2, -0.15) is 0 Å². The molecule has 0 aliphatic carbocycles. The molecular formula is C23H34N4O2+2. The quantitative estimate of drug-likeness (QED) is 0.594. The van der Waals surface area contributed by atoms with E-state index >= 15 is 0 Å². The van der Waals surface area contributed by atoms with Crippen LogP contribution in [0.25, 0.3) is 0 Å². The Bertz CT molecular complexity index is 908. The average molecular weight is 399 g/mol. The molecule has 1 fully saturated rings. The first-order chi connectivity index (χ1) is 13.8. The first kappa shape index (κ1) is 21.3. The highest BCUT2D eigenvalue weighted by Gasteiger charge is 2.27. The van der Waals surface area contributed by atoms with Gasteiger partial charge >= 0.3 is 0 Å². The first-order valence-electron chi connectivity index (χ1n) is 10.5. The maximum atomic E-state index is 12.7. The van der Waals surface area contributed by atoms with Gasteiger partial charge in [0, 0.05) is 29.7 Å². The van der Waals surface area contributed by atoms with E-state index in [-0.39, 0.29) is 11.7 Å². The molecule has 6 heteroatoms. The number of carbonyl (C=O) groups is 2. The Morgan fingerprint density at radius 3 is 2.21 bits per heavy atom. The van der Waals surface area contributed by atoms with Crippen molar-refractivity contribution in [1.29, 1.82) is 0 Å². The number of piperazine rings is 1. The van der Waals surface area contributed by atoms with E-state index in [1.807, 2.05) is 46.0 Å². The van der Waals surface area contributed by atoms with Crippen LogP contribution >= 0.6 is 0 Å². The second-order valence-corrected chi connectivity index (χ2v) is 8.42. The lowest BCUT2D eigenvalue weighted by Gasteiger charge is -2.29. The van der Waals surface area contributed by atoms with E-state index < -0.39 is 0 Å². The number of amides is 1. The average Bonchev–Trinajstić information content (AvgIpc) is 2.94. The lowest BCUT2D eigenvalue weighted by molar-refractivity contribution is -1.00. The Balaban J connectivity index is 1.47. The summed E-state index contributed by atoms with van der Waals surface area (Å²) in [5.74, 6) is 0.279. The van der Waals surface area contributed by atoms with E-state index in [2.05, 4.69) is 22.9 Å². The first-order valence-corrected chi connectivity index (χ1v) is 10.5. The fourth-order valence-electron chi connectivity index (χ4n) is 4.08. The van der Waals surface area contributed by atoms with E-state index in [0.29, 0.717) is 13.1 Å². The number of nitrogens with zero attached hydrogens (tertiary/aromatic N) is 1. The minimum absolute atomic E-state index is 0.0589. The maximum absolute atomic E-state index is 12.7. The molecule has 3 N–H and O–H groups in total. The van der Waals surface area contributed by atoms with Gasteiger partial charge in [-0.25, -0.2) is 0 Å². The van der Waals surface area contributed by atoms with Crippen LogP contribution in [-0.2, 0) is 11.8 Å². The van der Waals surface area contributed by atoms with E-state index in [0.717, 1.165) is 54.4 Å². The summed E-state index contributed by atoms with van der Waals surface area (Å²) in [5.41, 5.74) is 6.21. The van der Waals surface area contributed by atoms with Gasteiger partial charge in [0.15, 0.2) is 6.54 Å². The highest BCUT2D eigenvalue weighted by Crippen LogP contribution is 2.17. The van der Waals surface area contributed by atoms with Gasteiger partial charge in [-0.05, 0) is 51.0 Å². The van der Waals surface area contributed by atoms with Gasteiger partial charge in [-0.15, -0.1) is 0 Å². The normalized spacial score (nSPS) is 19.2. The molecule has 3 rings (SSSR count). The Kier molecular flexibility index (Phi) is 6.55. The number of Topliss-reactive ketones (excluding diaryl/α,β-unsaturated/α-hetero) is 1. The highest BCUT2D eigenvalue weighted by atomic mass is 16.2. The lowest BCUT2D eigenvalue weighted by atomic mass is 10.1. The van der Waals surface area contributed by atoms with Gasteiger partial charge in [0.25, 0.3) is 5.91 Å². The number of hydrogen-bond acceptors (Lipinski definition) is 2. The Morgan fingerprint density at radius 2 is 1.62 bits per heavy atom. The minimum atomic E-state index is 0.0589. The molecule has 0 bridgehead atoms. The molecule has 2 heterocycles. The molecule has 6 nitrogen and oxygen atoms in total. The van der Waals surface area contributed by atoms with Crippen molar-refractivity contribution in [3.63, 3.8) is 0 Å². The second-order valence-electron chi connectivity index (χ2n) is 8.42. The zero-order valence-corrected chi connectivity index (χ0v) is 18.3. The Morgan fingerprint density at radius 1 is 1.00 bits per heavy atom. The monoisotopic (exact) mass is 398 g/mol. The summed E-state index contributed by atoms with van der Waals surface area (Å²) >= 11 is 0. The Labute approximate surface area is 173 Å². The highest BCUT2D eigenvalue weighted by molar-refractivity contribution is 5.98. The van der Waals surface area contributed by atoms with Crippen molar-refractivity contribution < 1.29 is 19.4 Å². The number of rotatable bonds is 6. The van der Waals surface area contributed by atoms with Crippen LogP contribution in [0.2, 0.25) is 0 Å². The molecule has 156 valence electrons. The number of ketones is 1. The fourth-order valence-corrected chi connectivity index (χ4v) is 4.08. The van der Waals surface area contributed by atoms with Gasteiger partial charge in [0.05, 0.1) is 0 Å². The third-order valence-corrected chi connectivity index (χ3v) is 6.44. The van der Waals surface area contributed by atoms with Gasteiger partial charge < -0.3 is 19.7 Å². The molecule has 0 unspecified atom stereocenters. The summed E-state index contributed by atoms with van der Waals surface area (Å²) in [5, 5.41) is 3.05. The standard InChI is InChI=1S/C23H32N4O2/c1-16-7-6-8-21(18(16)3)24-23(29)15-27-11-9-26(10-12-27)14-22(28)20-13-17(2)25(5)19(20)4/h6-8,13H,9-12,14-15H2,1-5H3,(H,24,29)/p+2. The predicted octanol–water partition coefficient (Wildman–Crippen LogP) is -0.136. The van der Waals surface area contributed by atoms with E-state index in [9.17, 15) is 9.59 Å². The summed E-state index contributed by atoms with van der Waals surface area (Å²) in [6.45, 7) is 12.8. The number of aryl methyl sites for hydroxylation is 2. The summed E-state index contributed by atoms with van der Waals surface area (Å²) in [7, 11) is 2.00. The number of nitrogens with one attached hydrogen (secondary N) is 3. The minimum Gasteiger partial charge on any atom is -0.351 e. The molecule has 1 aromatic heterocycles. The van der Waals surface area contributed by atoms with E-state index in [1.165, 1.54) is 15.4 Å². The van der Waals surface area contributed by atoms with Crippen LogP contribution in [0.3, 0.4) is 0 Å². The SMILES string of the molecule is Cc1cccc(NC(=O)C[NH+]2CC[NH+](CC(=O)c3cc(C)n(C)c3C)CC2)c1C. The van der Waals surface area contributed by atoms with Crippen LogP contribution in [0, 0.1) is 27.7 Å². The molecule has 1 aromatic carbocycles. The Hall–Kier alpha value is -2.44. The largest absolute Gasteiger partial charge is 0.351 e. The van der Waals surface area contributed by atoms with Gasteiger partial charge in [0.2, 0.25) is 5.78 Å². The van der Waals surface area contributed by atoms with Gasteiger partial charge in [-0.1, -0.05) is 12.1 Å². The van der Waals surface area contributed by atoms with Gasteiger partial charge in [-0.3, -0.25) is 9.59 Å². The van der Waals surface area contributed by atoms with Crippen molar-refractivity contribution in [3.8, 4) is 0 Å². The molecule has 1 aliphatic heterocycles. The molecule has 1 aliphatic rings. The number of anilines is 1. The molecular weight excluding hydrogens is 364 g/mol. The van der Waals surface area contributed by atoms with Crippen LogP contribution in [0.5, 0.6) is 0 Å². The zero-order valence-electron chi connectivity index (χ0n) is 18.3. The summed E-state index contributed by atoms with van der Waals surface area (Å²) in [4.78, 5) is 27.8. The smallest absolute Gasteiger partial charge is 0.279 e. The maximum Gasteiger partial charge on any atom is 0.279 e. The number of aromatic nitrogens is 1.